The number of ether oxygens (including phenoxy) is 1. The van der Waals surface area contributed by atoms with E-state index in [0.29, 0.717) is 18.1 Å². The fourth-order valence-electron chi connectivity index (χ4n) is 2.05. The molecule has 0 spiro atoms. The average molecular weight is 252 g/mol. The number of hydrogen-bond acceptors (Lipinski definition) is 4. The summed E-state index contributed by atoms with van der Waals surface area (Å²) in [6.45, 7) is 0.397. The Hall–Kier alpha value is -1.31. The normalized spacial score (nSPS) is 17.7. The van der Waals surface area contributed by atoms with Gasteiger partial charge in [0.2, 0.25) is 5.88 Å². The van der Waals surface area contributed by atoms with Crippen molar-refractivity contribution in [3.63, 3.8) is 0 Å². The molecule has 0 aromatic carbocycles. The molecule has 2 rings (SSSR count). The Kier molecular flexibility index (Phi) is 3.51. The molecule has 0 saturated heterocycles. The van der Waals surface area contributed by atoms with Crippen LogP contribution >= 0.6 is 11.6 Å². The van der Waals surface area contributed by atoms with E-state index in [9.17, 15) is 0 Å². The highest BCUT2D eigenvalue weighted by atomic mass is 35.5. The van der Waals surface area contributed by atoms with Crippen LogP contribution in [-0.4, -0.2) is 17.1 Å². The molecule has 4 nitrogen and oxygen atoms in total. The van der Waals surface area contributed by atoms with Crippen LogP contribution in [0.2, 0.25) is 5.02 Å². The molecule has 1 aromatic heterocycles. The van der Waals surface area contributed by atoms with Gasteiger partial charge in [0.15, 0.2) is 0 Å². The van der Waals surface area contributed by atoms with Crippen molar-refractivity contribution in [2.75, 3.05) is 6.61 Å². The summed E-state index contributed by atoms with van der Waals surface area (Å²) in [5.41, 5.74) is 6.27. The third kappa shape index (κ3) is 2.68. The second-order valence-corrected chi connectivity index (χ2v) is 4.83. The first-order chi connectivity index (χ1) is 8.14. The summed E-state index contributed by atoms with van der Waals surface area (Å²) in [6.07, 6.45) is 5.71. The maximum Gasteiger partial charge on any atom is 0.233 e. The van der Waals surface area contributed by atoms with Crippen LogP contribution in [0.3, 0.4) is 0 Å². The lowest BCUT2D eigenvalue weighted by molar-refractivity contribution is 0.213. The number of rotatable bonds is 3. The van der Waals surface area contributed by atoms with Gasteiger partial charge in [0.1, 0.15) is 17.7 Å². The predicted molar refractivity (Wildman–Crippen MR) is 64.8 cm³/mol. The molecule has 0 amide bonds. The Bertz CT molecular complexity index is 450. The number of aromatic nitrogens is 1. The second-order valence-electron chi connectivity index (χ2n) is 4.45. The minimum atomic E-state index is -0.270. The van der Waals surface area contributed by atoms with E-state index in [0.717, 1.165) is 25.7 Å². The van der Waals surface area contributed by atoms with E-state index in [1.165, 1.54) is 6.20 Å². The van der Waals surface area contributed by atoms with E-state index >= 15 is 0 Å². The van der Waals surface area contributed by atoms with Crippen LogP contribution in [0, 0.1) is 11.3 Å². The van der Waals surface area contributed by atoms with Crippen molar-refractivity contribution in [1.29, 1.82) is 5.26 Å². The minimum absolute atomic E-state index is 0.261. The first-order valence-electron chi connectivity index (χ1n) is 5.61. The van der Waals surface area contributed by atoms with Gasteiger partial charge in [-0.1, -0.05) is 24.4 Å². The molecule has 2 N–H and O–H groups in total. The summed E-state index contributed by atoms with van der Waals surface area (Å²) >= 11 is 5.99. The summed E-state index contributed by atoms with van der Waals surface area (Å²) in [6, 6.07) is 3.55. The number of hydrogen-bond donors (Lipinski definition) is 1. The molecule has 0 unspecified atom stereocenters. The fraction of sp³-hybridized carbons (Fsp3) is 0.500. The van der Waals surface area contributed by atoms with Gasteiger partial charge in [-0.2, -0.15) is 5.26 Å². The number of pyridine rings is 1. The van der Waals surface area contributed by atoms with Crippen molar-refractivity contribution < 1.29 is 4.74 Å². The fourth-order valence-corrected chi connectivity index (χ4v) is 2.26. The molecule has 1 aliphatic rings. The highest BCUT2D eigenvalue weighted by Crippen LogP contribution is 2.30. The maximum atomic E-state index is 8.83. The molecule has 0 radical (unpaired) electrons. The molecule has 5 heteroatoms. The van der Waals surface area contributed by atoms with E-state index in [-0.39, 0.29) is 10.6 Å². The largest absolute Gasteiger partial charge is 0.475 e. The molecule has 0 bridgehead atoms. The molecule has 0 atom stereocenters. The topological polar surface area (TPSA) is 71.9 Å². The van der Waals surface area contributed by atoms with Gasteiger partial charge in [-0.3, -0.25) is 0 Å². The summed E-state index contributed by atoms with van der Waals surface area (Å²) in [5.74, 6) is 0.294. The zero-order chi connectivity index (χ0) is 12.3. The Morgan fingerprint density at radius 2 is 2.24 bits per heavy atom. The van der Waals surface area contributed by atoms with E-state index in [2.05, 4.69) is 4.98 Å². The zero-order valence-corrected chi connectivity index (χ0v) is 10.2. The summed E-state index contributed by atoms with van der Waals surface area (Å²) in [5, 5.41) is 9.09. The van der Waals surface area contributed by atoms with Gasteiger partial charge in [-0.15, -0.1) is 0 Å². The summed E-state index contributed by atoms with van der Waals surface area (Å²) < 4.78 is 5.55. The van der Waals surface area contributed by atoms with E-state index in [4.69, 9.17) is 27.3 Å². The van der Waals surface area contributed by atoms with Crippen molar-refractivity contribution in [3.05, 3.63) is 22.8 Å². The van der Waals surface area contributed by atoms with Crippen LogP contribution in [0.25, 0.3) is 0 Å². The van der Waals surface area contributed by atoms with Crippen LogP contribution < -0.4 is 10.5 Å². The van der Waals surface area contributed by atoms with Crippen LogP contribution in [-0.2, 0) is 0 Å². The number of nitrogens with zero attached hydrogens (tertiary/aromatic N) is 2. The lowest BCUT2D eigenvalue weighted by Gasteiger charge is -2.23. The quantitative estimate of drug-likeness (QED) is 0.894. The van der Waals surface area contributed by atoms with Crippen LogP contribution in [0.4, 0.5) is 0 Å². The Morgan fingerprint density at radius 3 is 2.88 bits per heavy atom. The van der Waals surface area contributed by atoms with Crippen LogP contribution in [0.1, 0.15) is 31.2 Å². The zero-order valence-electron chi connectivity index (χ0n) is 9.45. The van der Waals surface area contributed by atoms with Gasteiger partial charge in [-0.25, -0.2) is 4.98 Å². The number of nitriles is 1. The first kappa shape index (κ1) is 12.2. The van der Waals surface area contributed by atoms with Crippen molar-refractivity contribution in [2.24, 2.45) is 5.73 Å². The van der Waals surface area contributed by atoms with Crippen molar-refractivity contribution in [1.82, 2.24) is 4.98 Å². The Balaban J connectivity index is 2.07. The number of halogens is 1. The highest BCUT2D eigenvalue weighted by Gasteiger charge is 2.30. The van der Waals surface area contributed by atoms with Gasteiger partial charge >= 0.3 is 0 Å². The van der Waals surface area contributed by atoms with Gasteiger partial charge in [0.25, 0.3) is 0 Å². The number of nitrogens with two attached hydrogens (primary N) is 1. The van der Waals surface area contributed by atoms with Gasteiger partial charge in [0, 0.05) is 6.20 Å². The lowest BCUT2D eigenvalue weighted by atomic mass is 10.0. The highest BCUT2D eigenvalue weighted by molar-refractivity contribution is 6.32. The molecule has 1 heterocycles. The standard InChI is InChI=1S/C12H14ClN3O/c13-10-9(7-14)3-6-16-11(10)17-8-12(15)4-1-2-5-12/h3,6H,1-2,4-5,8,15H2. The first-order valence-corrected chi connectivity index (χ1v) is 5.99. The van der Waals surface area contributed by atoms with Gasteiger partial charge < -0.3 is 10.5 Å². The third-order valence-corrected chi connectivity index (χ3v) is 3.44. The van der Waals surface area contributed by atoms with E-state index in [1.807, 2.05) is 6.07 Å². The van der Waals surface area contributed by atoms with Gasteiger partial charge in [-0.05, 0) is 18.9 Å². The smallest absolute Gasteiger partial charge is 0.233 e. The molecule has 17 heavy (non-hydrogen) atoms. The summed E-state index contributed by atoms with van der Waals surface area (Å²) in [7, 11) is 0. The molecular formula is C12H14ClN3O. The molecule has 1 saturated carbocycles. The van der Waals surface area contributed by atoms with Crippen LogP contribution in [0.5, 0.6) is 5.88 Å². The molecule has 1 aromatic rings. The van der Waals surface area contributed by atoms with Crippen molar-refractivity contribution >= 4 is 11.6 Å². The van der Waals surface area contributed by atoms with Gasteiger partial charge in [0.05, 0.1) is 11.1 Å². The lowest BCUT2D eigenvalue weighted by Crippen LogP contribution is -2.42. The monoisotopic (exact) mass is 251 g/mol. The third-order valence-electron chi connectivity index (χ3n) is 3.07. The molecule has 1 fully saturated rings. The summed E-state index contributed by atoms with van der Waals surface area (Å²) in [4.78, 5) is 4.02. The second kappa shape index (κ2) is 4.91. The van der Waals surface area contributed by atoms with E-state index in [1.54, 1.807) is 6.07 Å². The van der Waals surface area contributed by atoms with Crippen molar-refractivity contribution in [2.45, 2.75) is 31.2 Å². The van der Waals surface area contributed by atoms with Crippen LogP contribution in [0.15, 0.2) is 12.3 Å². The molecule has 90 valence electrons. The van der Waals surface area contributed by atoms with E-state index < -0.39 is 0 Å². The average Bonchev–Trinajstić information content (AvgIpc) is 2.75. The van der Waals surface area contributed by atoms with Crippen molar-refractivity contribution in [3.8, 4) is 11.9 Å². The Morgan fingerprint density at radius 1 is 1.53 bits per heavy atom. The SMILES string of the molecule is N#Cc1ccnc(OCC2(N)CCCC2)c1Cl. The predicted octanol–water partition coefficient (Wildman–Crippen LogP) is 2.26. The molecular weight excluding hydrogens is 238 g/mol. The Labute approximate surface area is 105 Å². The molecule has 0 aliphatic heterocycles. The maximum absolute atomic E-state index is 8.83. The minimum Gasteiger partial charge on any atom is -0.475 e. The molecule has 1 aliphatic carbocycles.